The number of likely N-dealkylation sites (N-methyl/N-ethyl adjacent to an activating group) is 1. The largest absolute Gasteiger partial charge is 0.316 e. The molecule has 1 aliphatic carbocycles. The number of benzene rings is 1. The maximum absolute atomic E-state index is 3.43. The third-order valence-electron chi connectivity index (χ3n) is 4.55. The molecule has 0 aromatic heterocycles. The van der Waals surface area contributed by atoms with E-state index in [-0.39, 0.29) is 0 Å². The summed E-state index contributed by atoms with van der Waals surface area (Å²) >= 11 is 0. The lowest BCUT2D eigenvalue weighted by Crippen LogP contribution is -2.32. The predicted molar refractivity (Wildman–Crippen MR) is 91.7 cm³/mol. The Morgan fingerprint density at radius 2 is 1.81 bits per heavy atom. The molecule has 0 radical (unpaired) electrons. The lowest BCUT2D eigenvalue weighted by Gasteiger charge is -2.26. The van der Waals surface area contributed by atoms with Crippen LogP contribution in [0.4, 0.5) is 0 Å². The smallest absolute Gasteiger partial charge is 0.0236 e. The lowest BCUT2D eigenvalue weighted by molar-refractivity contribution is 0.204. The van der Waals surface area contributed by atoms with Crippen LogP contribution in [-0.2, 0) is 6.54 Å². The first-order valence-corrected chi connectivity index (χ1v) is 8.63. The first-order chi connectivity index (χ1) is 10.1. The summed E-state index contributed by atoms with van der Waals surface area (Å²) in [5.74, 6) is 1.55. The monoisotopic (exact) mass is 288 g/mol. The molecule has 1 unspecified atom stereocenters. The maximum Gasteiger partial charge on any atom is 0.0236 e. The van der Waals surface area contributed by atoms with E-state index in [2.05, 4.69) is 62.2 Å². The normalized spacial score (nSPS) is 16.7. The summed E-state index contributed by atoms with van der Waals surface area (Å²) in [6.07, 6.45) is 2.87. The minimum Gasteiger partial charge on any atom is -0.316 e. The molecule has 2 nitrogen and oxygen atoms in total. The summed E-state index contributed by atoms with van der Waals surface area (Å²) in [6.45, 7) is 13.6. The third kappa shape index (κ3) is 5.44. The van der Waals surface area contributed by atoms with Gasteiger partial charge in [0.05, 0.1) is 0 Å². The van der Waals surface area contributed by atoms with Crippen LogP contribution in [0.15, 0.2) is 24.3 Å². The average Bonchev–Trinajstić information content (AvgIpc) is 3.28. The van der Waals surface area contributed by atoms with Gasteiger partial charge in [-0.15, -0.1) is 0 Å². The van der Waals surface area contributed by atoms with Gasteiger partial charge in [0.15, 0.2) is 0 Å². The third-order valence-corrected chi connectivity index (χ3v) is 4.55. The second kappa shape index (κ2) is 7.95. The average molecular weight is 288 g/mol. The molecule has 1 saturated carbocycles. The zero-order valence-corrected chi connectivity index (χ0v) is 14.2. The van der Waals surface area contributed by atoms with Gasteiger partial charge in [-0.05, 0) is 56.2 Å². The van der Waals surface area contributed by atoms with E-state index in [0.717, 1.165) is 25.6 Å². The van der Waals surface area contributed by atoms with E-state index in [9.17, 15) is 0 Å². The Balaban J connectivity index is 1.90. The second-order valence-corrected chi connectivity index (χ2v) is 6.92. The van der Waals surface area contributed by atoms with Crippen LogP contribution in [0.5, 0.6) is 0 Å². The Kier molecular flexibility index (Phi) is 6.25. The molecule has 0 aliphatic heterocycles. The van der Waals surface area contributed by atoms with Crippen molar-refractivity contribution in [2.45, 2.75) is 59.0 Å². The Morgan fingerprint density at radius 1 is 1.14 bits per heavy atom. The molecule has 1 aromatic carbocycles. The van der Waals surface area contributed by atoms with E-state index in [1.807, 2.05) is 0 Å². The molecule has 0 spiro atoms. The van der Waals surface area contributed by atoms with Crippen LogP contribution >= 0.6 is 0 Å². The van der Waals surface area contributed by atoms with Crippen LogP contribution in [0.3, 0.4) is 0 Å². The van der Waals surface area contributed by atoms with Crippen molar-refractivity contribution in [3.8, 4) is 0 Å². The fraction of sp³-hybridized carbons (Fsp3) is 0.684. The lowest BCUT2D eigenvalue weighted by atomic mass is 9.99. The fourth-order valence-corrected chi connectivity index (χ4v) is 2.75. The highest BCUT2D eigenvalue weighted by molar-refractivity contribution is 5.25. The number of hydrogen-bond donors (Lipinski definition) is 1. The molecule has 118 valence electrons. The Morgan fingerprint density at radius 3 is 2.33 bits per heavy atom. The molecule has 0 amide bonds. The number of nitrogens with zero attached hydrogens (tertiary/aromatic N) is 1. The summed E-state index contributed by atoms with van der Waals surface area (Å²) < 4.78 is 0. The standard InChI is InChI=1S/C19H32N2/c1-5-20-12-16(4)19-10-8-18(9-11-19)14-21(15(2)3)13-17-6-7-17/h8-11,15-17,20H,5-7,12-14H2,1-4H3. The Labute approximate surface area is 130 Å². The van der Waals surface area contributed by atoms with Crippen molar-refractivity contribution >= 4 is 0 Å². The SMILES string of the molecule is CCNCC(C)c1ccc(CN(CC2CC2)C(C)C)cc1. The molecule has 0 bridgehead atoms. The first kappa shape index (κ1) is 16.5. The summed E-state index contributed by atoms with van der Waals surface area (Å²) in [7, 11) is 0. The molecule has 1 N–H and O–H groups in total. The predicted octanol–water partition coefficient (Wildman–Crippen LogP) is 4.02. The quantitative estimate of drug-likeness (QED) is 0.738. The molecule has 0 saturated heterocycles. The van der Waals surface area contributed by atoms with Gasteiger partial charge in [0, 0.05) is 25.7 Å². The maximum atomic E-state index is 3.43. The molecule has 1 aromatic rings. The molecule has 1 aliphatic rings. The van der Waals surface area contributed by atoms with E-state index in [1.165, 1.54) is 30.5 Å². The number of hydrogen-bond acceptors (Lipinski definition) is 2. The van der Waals surface area contributed by atoms with E-state index >= 15 is 0 Å². The molecule has 1 atom stereocenters. The van der Waals surface area contributed by atoms with Gasteiger partial charge in [0.25, 0.3) is 0 Å². The van der Waals surface area contributed by atoms with Gasteiger partial charge in [-0.25, -0.2) is 0 Å². The van der Waals surface area contributed by atoms with Crippen LogP contribution in [-0.4, -0.2) is 30.6 Å². The van der Waals surface area contributed by atoms with Crippen LogP contribution in [0.2, 0.25) is 0 Å². The zero-order chi connectivity index (χ0) is 15.2. The van der Waals surface area contributed by atoms with E-state index in [0.29, 0.717) is 12.0 Å². The van der Waals surface area contributed by atoms with Crippen molar-refractivity contribution in [2.75, 3.05) is 19.6 Å². The fourth-order valence-electron chi connectivity index (χ4n) is 2.75. The van der Waals surface area contributed by atoms with E-state index < -0.39 is 0 Å². The van der Waals surface area contributed by atoms with E-state index in [4.69, 9.17) is 0 Å². The highest BCUT2D eigenvalue weighted by Gasteiger charge is 2.25. The first-order valence-electron chi connectivity index (χ1n) is 8.63. The highest BCUT2D eigenvalue weighted by Crippen LogP contribution is 2.30. The van der Waals surface area contributed by atoms with Crippen molar-refractivity contribution < 1.29 is 0 Å². The summed E-state index contributed by atoms with van der Waals surface area (Å²) in [6, 6.07) is 9.90. The van der Waals surface area contributed by atoms with Gasteiger partial charge in [0.2, 0.25) is 0 Å². The van der Waals surface area contributed by atoms with Crippen molar-refractivity contribution in [1.82, 2.24) is 10.2 Å². The van der Waals surface area contributed by atoms with Gasteiger partial charge in [-0.3, -0.25) is 4.90 Å². The molecule has 0 heterocycles. The highest BCUT2D eigenvalue weighted by atomic mass is 15.1. The molecule has 1 fully saturated rings. The molecule has 2 heteroatoms. The topological polar surface area (TPSA) is 15.3 Å². The number of nitrogens with one attached hydrogen (secondary N) is 1. The van der Waals surface area contributed by atoms with Gasteiger partial charge in [-0.1, -0.05) is 38.1 Å². The summed E-state index contributed by atoms with van der Waals surface area (Å²) in [5, 5.41) is 3.43. The van der Waals surface area contributed by atoms with Gasteiger partial charge >= 0.3 is 0 Å². The Hall–Kier alpha value is -0.860. The molecular weight excluding hydrogens is 256 g/mol. The van der Waals surface area contributed by atoms with Crippen molar-refractivity contribution in [3.05, 3.63) is 35.4 Å². The van der Waals surface area contributed by atoms with Crippen molar-refractivity contribution in [1.29, 1.82) is 0 Å². The van der Waals surface area contributed by atoms with Crippen LogP contribution < -0.4 is 5.32 Å². The second-order valence-electron chi connectivity index (χ2n) is 6.92. The van der Waals surface area contributed by atoms with Crippen molar-refractivity contribution in [2.24, 2.45) is 5.92 Å². The minimum atomic E-state index is 0.590. The molecular formula is C19H32N2. The summed E-state index contributed by atoms with van der Waals surface area (Å²) in [5.41, 5.74) is 2.89. The number of rotatable bonds is 9. The molecule has 2 rings (SSSR count). The summed E-state index contributed by atoms with van der Waals surface area (Å²) in [4.78, 5) is 2.62. The molecule has 21 heavy (non-hydrogen) atoms. The van der Waals surface area contributed by atoms with Crippen LogP contribution in [0.25, 0.3) is 0 Å². The van der Waals surface area contributed by atoms with Crippen molar-refractivity contribution in [3.63, 3.8) is 0 Å². The van der Waals surface area contributed by atoms with Crippen LogP contribution in [0.1, 0.15) is 57.6 Å². The van der Waals surface area contributed by atoms with Crippen LogP contribution in [0, 0.1) is 5.92 Å². The zero-order valence-electron chi connectivity index (χ0n) is 14.2. The van der Waals surface area contributed by atoms with E-state index in [1.54, 1.807) is 0 Å². The minimum absolute atomic E-state index is 0.590. The van der Waals surface area contributed by atoms with Gasteiger partial charge < -0.3 is 5.32 Å². The van der Waals surface area contributed by atoms with Gasteiger partial charge in [0.1, 0.15) is 0 Å². The van der Waals surface area contributed by atoms with Gasteiger partial charge in [-0.2, -0.15) is 0 Å². The Bertz CT molecular complexity index is 406.